The lowest BCUT2D eigenvalue weighted by molar-refractivity contribution is 0.801. The van der Waals surface area contributed by atoms with E-state index >= 15 is 0 Å². The number of aromatic nitrogens is 2. The van der Waals surface area contributed by atoms with Gasteiger partial charge in [-0.15, -0.1) is 11.3 Å². The Kier molecular flexibility index (Phi) is 4.22. The van der Waals surface area contributed by atoms with E-state index in [2.05, 4.69) is 57.2 Å². The molecule has 0 spiro atoms. The van der Waals surface area contributed by atoms with Gasteiger partial charge in [-0.25, -0.2) is 0 Å². The highest BCUT2D eigenvalue weighted by atomic mass is 79.9. The predicted octanol–water partition coefficient (Wildman–Crippen LogP) is 4.81. The van der Waals surface area contributed by atoms with E-state index in [0.29, 0.717) is 6.04 Å². The van der Waals surface area contributed by atoms with Crippen LogP contribution >= 0.6 is 27.3 Å². The number of nitrogens with one attached hydrogen (secondary N) is 1. The Balaban J connectivity index is 1.81. The molecule has 3 heterocycles. The normalized spacial score (nSPS) is 12.5. The molecule has 0 aliphatic heterocycles. The van der Waals surface area contributed by atoms with Gasteiger partial charge in [0, 0.05) is 39.1 Å². The molecular weight excluding hydrogens is 346 g/mol. The van der Waals surface area contributed by atoms with Crippen LogP contribution in [0.3, 0.4) is 0 Å². The monoisotopic (exact) mass is 361 g/mol. The van der Waals surface area contributed by atoms with Crippen molar-refractivity contribution in [2.45, 2.75) is 26.3 Å². The van der Waals surface area contributed by atoms with E-state index in [4.69, 9.17) is 0 Å². The SMILES string of the molecule is Cc1ccc(CC(C)Nc2ccnc3cc(Br)cnc23)s1. The maximum Gasteiger partial charge on any atom is 0.112 e. The van der Waals surface area contributed by atoms with Crippen LogP contribution in [-0.4, -0.2) is 16.0 Å². The van der Waals surface area contributed by atoms with Gasteiger partial charge < -0.3 is 5.32 Å². The highest BCUT2D eigenvalue weighted by Gasteiger charge is 2.09. The van der Waals surface area contributed by atoms with Gasteiger partial charge >= 0.3 is 0 Å². The first-order valence-corrected chi connectivity index (χ1v) is 8.45. The first-order valence-electron chi connectivity index (χ1n) is 6.84. The zero-order valence-corrected chi connectivity index (χ0v) is 14.3. The number of hydrogen-bond donors (Lipinski definition) is 1. The smallest absolute Gasteiger partial charge is 0.112 e. The number of nitrogens with zero attached hydrogens (tertiary/aromatic N) is 2. The fourth-order valence-electron chi connectivity index (χ4n) is 2.34. The maximum atomic E-state index is 4.48. The van der Waals surface area contributed by atoms with Gasteiger partial charge in [0.25, 0.3) is 0 Å². The summed E-state index contributed by atoms with van der Waals surface area (Å²) in [5.74, 6) is 0. The number of anilines is 1. The zero-order chi connectivity index (χ0) is 14.8. The standard InChI is InChI=1S/C16H16BrN3S/c1-10(7-13-4-3-11(2)21-13)20-14-5-6-18-15-8-12(17)9-19-16(14)15/h3-6,8-10H,7H2,1-2H3,(H,18,20). The molecule has 0 bridgehead atoms. The average molecular weight is 362 g/mol. The number of pyridine rings is 2. The van der Waals surface area contributed by atoms with E-state index in [1.807, 2.05) is 35.9 Å². The molecule has 3 aromatic rings. The van der Waals surface area contributed by atoms with Crippen molar-refractivity contribution in [2.75, 3.05) is 5.32 Å². The van der Waals surface area contributed by atoms with Gasteiger partial charge in [0.05, 0.1) is 11.2 Å². The Morgan fingerprint density at radius 2 is 2.14 bits per heavy atom. The minimum Gasteiger partial charge on any atom is -0.380 e. The molecule has 0 saturated carbocycles. The quantitative estimate of drug-likeness (QED) is 0.724. The molecule has 108 valence electrons. The van der Waals surface area contributed by atoms with Gasteiger partial charge in [-0.1, -0.05) is 0 Å². The topological polar surface area (TPSA) is 37.8 Å². The second-order valence-electron chi connectivity index (χ2n) is 5.14. The number of thiophene rings is 1. The predicted molar refractivity (Wildman–Crippen MR) is 93.1 cm³/mol. The molecule has 5 heteroatoms. The first-order chi connectivity index (χ1) is 10.1. The molecule has 1 unspecified atom stereocenters. The minimum absolute atomic E-state index is 0.346. The highest BCUT2D eigenvalue weighted by Crippen LogP contribution is 2.24. The second kappa shape index (κ2) is 6.12. The Morgan fingerprint density at radius 1 is 1.29 bits per heavy atom. The van der Waals surface area contributed by atoms with Crippen molar-refractivity contribution in [2.24, 2.45) is 0 Å². The Morgan fingerprint density at radius 3 is 2.90 bits per heavy atom. The Bertz CT molecular complexity index is 769. The van der Waals surface area contributed by atoms with Gasteiger partial charge in [-0.3, -0.25) is 9.97 Å². The van der Waals surface area contributed by atoms with Crippen LogP contribution in [0, 0.1) is 6.92 Å². The molecule has 0 aromatic carbocycles. The molecule has 0 saturated heterocycles. The molecule has 1 N–H and O–H groups in total. The molecule has 3 rings (SSSR count). The van der Waals surface area contributed by atoms with Crippen LogP contribution < -0.4 is 5.32 Å². The van der Waals surface area contributed by atoms with Gasteiger partial charge in [0.15, 0.2) is 0 Å². The summed E-state index contributed by atoms with van der Waals surface area (Å²) in [6.45, 7) is 4.34. The van der Waals surface area contributed by atoms with Crippen LogP contribution in [0.15, 0.2) is 41.1 Å². The van der Waals surface area contributed by atoms with E-state index in [1.165, 1.54) is 9.75 Å². The lowest BCUT2D eigenvalue weighted by Crippen LogP contribution is -2.17. The van der Waals surface area contributed by atoms with Crippen LogP contribution in [0.25, 0.3) is 11.0 Å². The third-order valence-corrected chi connectivity index (χ3v) is 4.71. The fourth-order valence-corrected chi connectivity index (χ4v) is 3.67. The van der Waals surface area contributed by atoms with Crippen molar-refractivity contribution in [1.82, 2.24) is 9.97 Å². The third kappa shape index (κ3) is 3.41. The summed E-state index contributed by atoms with van der Waals surface area (Å²) in [5, 5.41) is 3.55. The molecule has 0 aliphatic rings. The molecule has 3 aromatic heterocycles. The van der Waals surface area contributed by atoms with E-state index in [0.717, 1.165) is 27.6 Å². The van der Waals surface area contributed by atoms with E-state index < -0.39 is 0 Å². The Labute approximate surface area is 136 Å². The van der Waals surface area contributed by atoms with Crippen molar-refractivity contribution >= 4 is 44.0 Å². The summed E-state index contributed by atoms with van der Waals surface area (Å²) in [6.07, 6.45) is 4.64. The molecular formula is C16H16BrN3S. The number of aryl methyl sites for hydroxylation is 1. The Hall–Kier alpha value is -1.46. The number of halogens is 1. The van der Waals surface area contributed by atoms with Crippen LogP contribution in [0.5, 0.6) is 0 Å². The highest BCUT2D eigenvalue weighted by molar-refractivity contribution is 9.10. The molecule has 0 amide bonds. The summed E-state index contributed by atoms with van der Waals surface area (Å²) in [6, 6.07) is 8.70. The van der Waals surface area contributed by atoms with Gasteiger partial charge in [0.2, 0.25) is 0 Å². The molecule has 0 fully saturated rings. The van der Waals surface area contributed by atoms with E-state index in [9.17, 15) is 0 Å². The lowest BCUT2D eigenvalue weighted by Gasteiger charge is -2.15. The van der Waals surface area contributed by atoms with Crippen molar-refractivity contribution in [3.63, 3.8) is 0 Å². The molecule has 3 nitrogen and oxygen atoms in total. The zero-order valence-electron chi connectivity index (χ0n) is 11.9. The summed E-state index contributed by atoms with van der Waals surface area (Å²) in [5.41, 5.74) is 2.84. The van der Waals surface area contributed by atoms with Crippen molar-refractivity contribution in [1.29, 1.82) is 0 Å². The van der Waals surface area contributed by atoms with Crippen molar-refractivity contribution in [3.05, 3.63) is 50.9 Å². The van der Waals surface area contributed by atoms with Crippen molar-refractivity contribution < 1.29 is 0 Å². The average Bonchev–Trinajstić information content (AvgIpc) is 2.83. The van der Waals surface area contributed by atoms with Crippen LogP contribution in [0.2, 0.25) is 0 Å². The maximum absolute atomic E-state index is 4.48. The minimum atomic E-state index is 0.346. The van der Waals surface area contributed by atoms with Crippen LogP contribution in [-0.2, 0) is 6.42 Å². The summed E-state index contributed by atoms with van der Waals surface area (Å²) >= 11 is 5.29. The molecule has 0 aliphatic carbocycles. The summed E-state index contributed by atoms with van der Waals surface area (Å²) < 4.78 is 0.946. The van der Waals surface area contributed by atoms with Gasteiger partial charge in [0.1, 0.15) is 5.52 Å². The first kappa shape index (κ1) is 14.5. The molecule has 1 atom stereocenters. The van der Waals surface area contributed by atoms with Gasteiger partial charge in [-0.05, 0) is 54.0 Å². The van der Waals surface area contributed by atoms with E-state index in [-0.39, 0.29) is 0 Å². The largest absolute Gasteiger partial charge is 0.380 e. The van der Waals surface area contributed by atoms with Gasteiger partial charge in [-0.2, -0.15) is 0 Å². The molecule has 0 radical (unpaired) electrons. The fraction of sp³-hybridized carbons (Fsp3) is 0.250. The van der Waals surface area contributed by atoms with Crippen LogP contribution in [0.1, 0.15) is 16.7 Å². The number of hydrogen-bond acceptors (Lipinski definition) is 4. The number of fused-ring (bicyclic) bond motifs is 1. The molecule has 21 heavy (non-hydrogen) atoms. The van der Waals surface area contributed by atoms with E-state index in [1.54, 1.807) is 0 Å². The number of rotatable bonds is 4. The third-order valence-electron chi connectivity index (χ3n) is 3.25. The lowest BCUT2D eigenvalue weighted by atomic mass is 10.2. The summed E-state index contributed by atoms with van der Waals surface area (Å²) in [7, 11) is 0. The second-order valence-corrected chi connectivity index (χ2v) is 7.43. The van der Waals surface area contributed by atoms with Crippen LogP contribution in [0.4, 0.5) is 5.69 Å². The van der Waals surface area contributed by atoms with Crippen molar-refractivity contribution in [3.8, 4) is 0 Å². The summed E-state index contributed by atoms with van der Waals surface area (Å²) in [4.78, 5) is 11.6.